The molecule has 1 aromatic carbocycles. The van der Waals surface area contributed by atoms with Crippen LogP contribution in [0.25, 0.3) is 0 Å². The first-order valence-electron chi connectivity index (χ1n) is 7.18. The first-order chi connectivity index (χ1) is 8.97. The Balaban J connectivity index is 2.23. The van der Waals surface area contributed by atoms with Crippen molar-refractivity contribution < 1.29 is 4.74 Å². The van der Waals surface area contributed by atoms with Crippen LogP contribution in [0.1, 0.15) is 50.7 Å². The Hall–Kier alpha value is -0.730. The van der Waals surface area contributed by atoms with Crippen molar-refractivity contribution in [3.63, 3.8) is 0 Å². The average Bonchev–Trinajstić information content (AvgIpc) is 3.09. The van der Waals surface area contributed by atoms with Gasteiger partial charge < -0.3 is 10.5 Å². The van der Waals surface area contributed by atoms with E-state index in [0.29, 0.717) is 5.92 Å². The summed E-state index contributed by atoms with van der Waals surface area (Å²) in [5.74, 6) is 2.01. The number of ether oxygens (including phenoxy) is 1. The van der Waals surface area contributed by atoms with Gasteiger partial charge in [0, 0.05) is 6.04 Å². The molecule has 1 aromatic rings. The molecular formula is C16H24ClNO. The molecule has 1 unspecified atom stereocenters. The van der Waals surface area contributed by atoms with Gasteiger partial charge >= 0.3 is 0 Å². The molecule has 19 heavy (non-hydrogen) atoms. The molecule has 3 heteroatoms. The van der Waals surface area contributed by atoms with Gasteiger partial charge in [-0.1, -0.05) is 31.5 Å². The second-order valence-electron chi connectivity index (χ2n) is 6.09. The van der Waals surface area contributed by atoms with E-state index in [-0.39, 0.29) is 6.04 Å². The summed E-state index contributed by atoms with van der Waals surface area (Å²) in [4.78, 5) is 0. The van der Waals surface area contributed by atoms with Crippen LogP contribution in [0.15, 0.2) is 12.1 Å². The molecule has 1 aliphatic rings. The summed E-state index contributed by atoms with van der Waals surface area (Å²) >= 11 is 6.40. The Morgan fingerprint density at radius 1 is 1.32 bits per heavy atom. The SMILES string of the molecule is CC(N)Cc1cc(Cl)c(OCC2CC2)c(C(C)C)c1. The molecule has 0 radical (unpaired) electrons. The minimum Gasteiger partial charge on any atom is -0.491 e. The van der Waals surface area contributed by atoms with Gasteiger partial charge in [-0.2, -0.15) is 0 Å². The van der Waals surface area contributed by atoms with Crippen LogP contribution in [-0.2, 0) is 6.42 Å². The summed E-state index contributed by atoms with van der Waals surface area (Å²) < 4.78 is 5.95. The van der Waals surface area contributed by atoms with Gasteiger partial charge in [-0.3, -0.25) is 0 Å². The van der Waals surface area contributed by atoms with Gasteiger partial charge in [0.05, 0.1) is 11.6 Å². The molecule has 0 amide bonds. The summed E-state index contributed by atoms with van der Waals surface area (Å²) in [5, 5.41) is 0.725. The lowest BCUT2D eigenvalue weighted by molar-refractivity contribution is 0.296. The monoisotopic (exact) mass is 281 g/mol. The van der Waals surface area contributed by atoms with Crippen LogP contribution in [0.5, 0.6) is 5.75 Å². The van der Waals surface area contributed by atoms with Crippen LogP contribution < -0.4 is 10.5 Å². The van der Waals surface area contributed by atoms with Crippen LogP contribution in [-0.4, -0.2) is 12.6 Å². The zero-order valence-electron chi connectivity index (χ0n) is 12.1. The fourth-order valence-electron chi connectivity index (χ4n) is 2.23. The van der Waals surface area contributed by atoms with Crippen molar-refractivity contribution in [2.75, 3.05) is 6.61 Å². The largest absolute Gasteiger partial charge is 0.491 e. The molecule has 0 spiro atoms. The van der Waals surface area contributed by atoms with Gasteiger partial charge in [0.2, 0.25) is 0 Å². The standard InChI is InChI=1S/C16H24ClNO/c1-10(2)14-7-13(6-11(3)18)8-15(17)16(14)19-9-12-4-5-12/h7-8,10-12H,4-6,9,18H2,1-3H3. The highest BCUT2D eigenvalue weighted by atomic mass is 35.5. The fourth-order valence-corrected chi connectivity index (χ4v) is 2.53. The first-order valence-corrected chi connectivity index (χ1v) is 7.56. The lowest BCUT2D eigenvalue weighted by Gasteiger charge is -2.18. The molecule has 0 aliphatic heterocycles. The van der Waals surface area contributed by atoms with Crippen LogP contribution in [0.3, 0.4) is 0 Å². The molecule has 1 fully saturated rings. The van der Waals surface area contributed by atoms with E-state index < -0.39 is 0 Å². The average molecular weight is 282 g/mol. The van der Waals surface area contributed by atoms with Crippen molar-refractivity contribution in [3.8, 4) is 5.75 Å². The first kappa shape index (κ1) is 14.7. The normalized spacial score (nSPS) is 16.7. The van der Waals surface area contributed by atoms with Crippen LogP contribution >= 0.6 is 11.6 Å². The van der Waals surface area contributed by atoms with E-state index in [1.165, 1.54) is 24.0 Å². The van der Waals surface area contributed by atoms with Crippen molar-refractivity contribution in [1.82, 2.24) is 0 Å². The Labute approximate surface area is 121 Å². The van der Waals surface area contributed by atoms with Gasteiger partial charge in [0.25, 0.3) is 0 Å². The minimum absolute atomic E-state index is 0.148. The van der Waals surface area contributed by atoms with Gasteiger partial charge in [0.1, 0.15) is 5.75 Å². The highest BCUT2D eigenvalue weighted by Crippen LogP contribution is 2.37. The third-order valence-corrected chi connectivity index (χ3v) is 3.75. The smallest absolute Gasteiger partial charge is 0.141 e. The van der Waals surface area contributed by atoms with Crippen LogP contribution in [0.4, 0.5) is 0 Å². The molecular weight excluding hydrogens is 258 g/mol. The van der Waals surface area contributed by atoms with E-state index in [9.17, 15) is 0 Å². The lowest BCUT2D eigenvalue weighted by atomic mass is 9.97. The molecule has 0 bridgehead atoms. The van der Waals surface area contributed by atoms with Gasteiger partial charge in [-0.05, 0) is 55.2 Å². The molecule has 1 aliphatic carbocycles. The number of halogens is 1. The molecule has 0 heterocycles. The third kappa shape index (κ3) is 4.12. The quantitative estimate of drug-likeness (QED) is 0.850. The van der Waals surface area contributed by atoms with Crippen molar-refractivity contribution >= 4 is 11.6 Å². The van der Waals surface area contributed by atoms with Crippen molar-refractivity contribution in [3.05, 3.63) is 28.3 Å². The van der Waals surface area contributed by atoms with E-state index in [1.54, 1.807) is 0 Å². The van der Waals surface area contributed by atoms with Crippen molar-refractivity contribution in [2.24, 2.45) is 11.7 Å². The molecule has 2 N–H and O–H groups in total. The van der Waals surface area contributed by atoms with E-state index >= 15 is 0 Å². The van der Waals surface area contributed by atoms with Gasteiger partial charge in [0.15, 0.2) is 0 Å². The number of nitrogens with two attached hydrogens (primary N) is 1. The summed E-state index contributed by atoms with van der Waals surface area (Å²) in [6.07, 6.45) is 3.43. The molecule has 0 aromatic heterocycles. The Bertz CT molecular complexity index is 439. The van der Waals surface area contributed by atoms with Gasteiger partial charge in [-0.15, -0.1) is 0 Å². The fraction of sp³-hybridized carbons (Fsp3) is 0.625. The molecule has 1 saturated carbocycles. The Kier molecular flexibility index (Phi) is 4.75. The highest BCUT2D eigenvalue weighted by Gasteiger charge is 2.23. The maximum atomic E-state index is 6.40. The molecule has 2 nitrogen and oxygen atoms in total. The zero-order valence-corrected chi connectivity index (χ0v) is 12.8. The number of hydrogen-bond acceptors (Lipinski definition) is 2. The Morgan fingerprint density at radius 3 is 2.53 bits per heavy atom. The maximum absolute atomic E-state index is 6.40. The van der Waals surface area contributed by atoms with E-state index in [0.717, 1.165) is 29.7 Å². The summed E-state index contributed by atoms with van der Waals surface area (Å²) in [6.45, 7) is 7.16. The molecule has 1 atom stereocenters. The predicted molar refractivity (Wildman–Crippen MR) is 81.1 cm³/mol. The van der Waals surface area contributed by atoms with E-state index in [4.69, 9.17) is 22.1 Å². The topological polar surface area (TPSA) is 35.2 Å². The van der Waals surface area contributed by atoms with Crippen molar-refractivity contribution in [1.29, 1.82) is 0 Å². The highest BCUT2D eigenvalue weighted by molar-refractivity contribution is 6.32. The summed E-state index contributed by atoms with van der Waals surface area (Å²) in [6, 6.07) is 4.34. The third-order valence-electron chi connectivity index (χ3n) is 3.47. The van der Waals surface area contributed by atoms with E-state index in [2.05, 4.69) is 19.9 Å². The van der Waals surface area contributed by atoms with Crippen LogP contribution in [0, 0.1) is 5.92 Å². The number of hydrogen-bond donors (Lipinski definition) is 1. The van der Waals surface area contributed by atoms with Gasteiger partial charge in [-0.25, -0.2) is 0 Å². The summed E-state index contributed by atoms with van der Waals surface area (Å²) in [5.41, 5.74) is 8.27. The number of rotatable bonds is 6. The Morgan fingerprint density at radius 2 is 2.00 bits per heavy atom. The second kappa shape index (κ2) is 6.15. The van der Waals surface area contributed by atoms with E-state index in [1.807, 2.05) is 13.0 Å². The summed E-state index contributed by atoms with van der Waals surface area (Å²) in [7, 11) is 0. The zero-order chi connectivity index (χ0) is 14.0. The maximum Gasteiger partial charge on any atom is 0.141 e. The molecule has 0 saturated heterocycles. The molecule has 2 rings (SSSR count). The second-order valence-corrected chi connectivity index (χ2v) is 6.49. The predicted octanol–water partition coefficient (Wildman–Crippen LogP) is 4.14. The van der Waals surface area contributed by atoms with Crippen molar-refractivity contribution in [2.45, 2.75) is 52.0 Å². The number of benzene rings is 1. The van der Waals surface area contributed by atoms with Crippen LogP contribution in [0.2, 0.25) is 5.02 Å². The minimum atomic E-state index is 0.148. The molecule has 106 valence electrons. The lowest BCUT2D eigenvalue weighted by Crippen LogP contribution is -2.18.